The van der Waals surface area contributed by atoms with Crippen molar-refractivity contribution < 1.29 is 17.9 Å². The molecular weight excluding hydrogens is 309 g/mol. The molecule has 0 spiro atoms. The molecule has 1 aliphatic heterocycles. The van der Waals surface area contributed by atoms with Gasteiger partial charge in [0.15, 0.2) is 17.5 Å². The molecule has 0 aliphatic carbocycles. The zero-order valence-electron chi connectivity index (χ0n) is 12.2. The second kappa shape index (κ2) is 6.41. The summed E-state index contributed by atoms with van der Waals surface area (Å²) in [6.45, 7) is 1.32. The molecule has 23 heavy (non-hydrogen) atoms. The Bertz CT molecular complexity index is 697. The summed E-state index contributed by atoms with van der Waals surface area (Å²) in [6, 6.07) is 3.59. The maximum Gasteiger partial charge on any atom is 0.222 e. The largest absolute Gasteiger partial charge is 0.381 e. The maximum atomic E-state index is 13.2. The van der Waals surface area contributed by atoms with Crippen molar-refractivity contribution >= 4 is 11.8 Å². The van der Waals surface area contributed by atoms with Crippen molar-refractivity contribution in [2.24, 2.45) is 0 Å². The minimum atomic E-state index is -1.48. The first kappa shape index (κ1) is 15.5. The van der Waals surface area contributed by atoms with Crippen LogP contribution in [0.5, 0.6) is 0 Å². The van der Waals surface area contributed by atoms with Gasteiger partial charge >= 0.3 is 0 Å². The molecule has 1 aliphatic rings. The zero-order valence-corrected chi connectivity index (χ0v) is 12.2. The zero-order chi connectivity index (χ0) is 16.4. The van der Waals surface area contributed by atoms with Gasteiger partial charge in [-0.1, -0.05) is 0 Å². The molecular formula is C15H15F3N4O. The molecule has 0 saturated carbocycles. The SMILES string of the molecule is Nc1nc(NCc2cc(F)c(F)c(F)c2)cc([C@H]2CCOC2)n1. The topological polar surface area (TPSA) is 73.1 Å². The summed E-state index contributed by atoms with van der Waals surface area (Å²) in [4.78, 5) is 8.22. The van der Waals surface area contributed by atoms with Gasteiger partial charge in [0.1, 0.15) is 5.82 Å². The van der Waals surface area contributed by atoms with E-state index in [2.05, 4.69) is 15.3 Å². The van der Waals surface area contributed by atoms with Crippen LogP contribution in [0, 0.1) is 17.5 Å². The third kappa shape index (κ3) is 3.53. The van der Waals surface area contributed by atoms with Crippen LogP contribution in [0.2, 0.25) is 0 Å². The second-order valence-electron chi connectivity index (χ2n) is 5.32. The highest BCUT2D eigenvalue weighted by Crippen LogP contribution is 2.25. The first-order valence-corrected chi connectivity index (χ1v) is 7.12. The molecule has 1 aromatic heterocycles. The van der Waals surface area contributed by atoms with Crippen LogP contribution in [0.4, 0.5) is 24.9 Å². The lowest BCUT2D eigenvalue weighted by Crippen LogP contribution is -2.09. The molecule has 0 radical (unpaired) electrons. The van der Waals surface area contributed by atoms with Crippen LogP contribution in [-0.4, -0.2) is 23.2 Å². The molecule has 1 fully saturated rings. The molecule has 5 nitrogen and oxygen atoms in total. The Morgan fingerprint density at radius 1 is 1.17 bits per heavy atom. The van der Waals surface area contributed by atoms with Crippen LogP contribution < -0.4 is 11.1 Å². The van der Waals surface area contributed by atoms with E-state index >= 15 is 0 Å². The molecule has 1 aromatic carbocycles. The first-order chi connectivity index (χ1) is 11.0. The standard InChI is InChI=1S/C15H15F3N4O/c16-10-3-8(4-11(17)14(10)18)6-20-13-5-12(21-15(19)22-13)9-1-2-23-7-9/h3-5,9H,1-2,6-7H2,(H3,19,20,21,22)/t9-/m0/s1. The average molecular weight is 324 g/mol. The van der Waals surface area contributed by atoms with Crippen LogP contribution in [0.25, 0.3) is 0 Å². The molecule has 3 N–H and O–H groups in total. The third-order valence-electron chi connectivity index (χ3n) is 3.63. The van der Waals surface area contributed by atoms with Gasteiger partial charge in [-0.25, -0.2) is 18.2 Å². The Hall–Kier alpha value is -2.35. The fourth-order valence-corrected chi connectivity index (χ4v) is 2.46. The molecule has 2 aromatic rings. The predicted octanol–water partition coefficient (Wildman–Crippen LogP) is 2.59. The summed E-state index contributed by atoms with van der Waals surface area (Å²) in [5.41, 5.74) is 6.70. The fourth-order valence-electron chi connectivity index (χ4n) is 2.46. The molecule has 0 bridgehead atoms. The highest BCUT2D eigenvalue weighted by atomic mass is 19.2. The Morgan fingerprint density at radius 3 is 2.57 bits per heavy atom. The number of ether oxygens (including phenoxy) is 1. The number of hydrogen-bond acceptors (Lipinski definition) is 5. The second-order valence-corrected chi connectivity index (χ2v) is 5.32. The third-order valence-corrected chi connectivity index (χ3v) is 3.63. The van der Waals surface area contributed by atoms with E-state index in [0.717, 1.165) is 24.2 Å². The number of nitrogens with one attached hydrogen (secondary N) is 1. The van der Waals surface area contributed by atoms with Crippen LogP contribution in [-0.2, 0) is 11.3 Å². The number of nitrogens with two attached hydrogens (primary N) is 1. The van der Waals surface area contributed by atoms with E-state index in [9.17, 15) is 13.2 Å². The smallest absolute Gasteiger partial charge is 0.222 e. The normalized spacial score (nSPS) is 17.4. The van der Waals surface area contributed by atoms with E-state index in [4.69, 9.17) is 10.5 Å². The lowest BCUT2D eigenvalue weighted by Gasteiger charge is -2.11. The Balaban J connectivity index is 1.75. The van der Waals surface area contributed by atoms with Crippen molar-refractivity contribution in [1.82, 2.24) is 9.97 Å². The number of aromatic nitrogens is 2. The summed E-state index contributed by atoms with van der Waals surface area (Å²) in [5.74, 6) is -3.25. The highest BCUT2D eigenvalue weighted by Gasteiger charge is 2.20. The van der Waals surface area contributed by atoms with E-state index in [1.807, 2.05) is 0 Å². The van der Waals surface area contributed by atoms with Gasteiger partial charge in [0, 0.05) is 25.1 Å². The Labute approximate surface area is 130 Å². The van der Waals surface area contributed by atoms with Crippen LogP contribution >= 0.6 is 0 Å². The summed E-state index contributed by atoms with van der Waals surface area (Å²) in [7, 11) is 0. The van der Waals surface area contributed by atoms with E-state index in [1.165, 1.54) is 0 Å². The van der Waals surface area contributed by atoms with Gasteiger partial charge in [-0.05, 0) is 24.1 Å². The highest BCUT2D eigenvalue weighted by molar-refractivity contribution is 5.42. The Morgan fingerprint density at radius 2 is 1.91 bits per heavy atom. The van der Waals surface area contributed by atoms with Gasteiger partial charge < -0.3 is 15.8 Å². The van der Waals surface area contributed by atoms with Gasteiger partial charge in [0.2, 0.25) is 5.95 Å². The van der Waals surface area contributed by atoms with Gasteiger partial charge in [-0.3, -0.25) is 0 Å². The minimum Gasteiger partial charge on any atom is -0.381 e. The van der Waals surface area contributed by atoms with E-state index in [1.54, 1.807) is 6.07 Å². The average Bonchev–Trinajstić information content (AvgIpc) is 3.04. The molecule has 1 saturated heterocycles. The quantitative estimate of drug-likeness (QED) is 0.846. The minimum absolute atomic E-state index is 0.0746. The van der Waals surface area contributed by atoms with Gasteiger partial charge in [0.05, 0.1) is 12.3 Å². The van der Waals surface area contributed by atoms with Crippen molar-refractivity contribution in [1.29, 1.82) is 0 Å². The molecule has 8 heteroatoms. The first-order valence-electron chi connectivity index (χ1n) is 7.12. The van der Waals surface area contributed by atoms with Crippen LogP contribution in [0.1, 0.15) is 23.6 Å². The number of rotatable bonds is 4. The fraction of sp³-hybridized carbons (Fsp3) is 0.333. The number of benzene rings is 1. The van der Waals surface area contributed by atoms with E-state index in [0.29, 0.717) is 19.0 Å². The monoisotopic (exact) mass is 324 g/mol. The number of anilines is 2. The van der Waals surface area contributed by atoms with Gasteiger partial charge in [-0.15, -0.1) is 0 Å². The van der Waals surface area contributed by atoms with Crippen molar-refractivity contribution in [2.45, 2.75) is 18.9 Å². The van der Waals surface area contributed by atoms with Crippen LogP contribution in [0.15, 0.2) is 18.2 Å². The molecule has 0 unspecified atom stereocenters. The number of nitrogen functional groups attached to an aromatic ring is 1. The van der Waals surface area contributed by atoms with Crippen molar-refractivity contribution in [2.75, 3.05) is 24.3 Å². The van der Waals surface area contributed by atoms with Gasteiger partial charge in [0.25, 0.3) is 0 Å². The summed E-state index contributed by atoms with van der Waals surface area (Å²) in [5, 5.41) is 2.91. The maximum absolute atomic E-state index is 13.2. The Kier molecular flexibility index (Phi) is 4.33. The molecule has 0 amide bonds. The van der Waals surface area contributed by atoms with Gasteiger partial charge in [-0.2, -0.15) is 4.98 Å². The summed E-state index contributed by atoms with van der Waals surface area (Å²) < 4.78 is 44.6. The lowest BCUT2D eigenvalue weighted by molar-refractivity contribution is 0.193. The van der Waals surface area contributed by atoms with Crippen molar-refractivity contribution in [3.63, 3.8) is 0 Å². The molecule has 122 valence electrons. The summed E-state index contributed by atoms with van der Waals surface area (Å²) >= 11 is 0. The van der Waals surface area contributed by atoms with Crippen molar-refractivity contribution in [3.05, 3.63) is 46.9 Å². The number of halogens is 3. The van der Waals surface area contributed by atoms with E-state index in [-0.39, 0.29) is 24.0 Å². The van der Waals surface area contributed by atoms with E-state index < -0.39 is 17.5 Å². The number of nitrogens with zero attached hydrogens (tertiary/aromatic N) is 2. The molecule has 2 heterocycles. The van der Waals surface area contributed by atoms with Crippen molar-refractivity contribution in [3.8, 4) is 0 Å². The number of hydrogen-bond donors (Lipinski definition) is 2. The molecule has 1 atom stereocenters. The lowest BCUT2D eigenvalue weighted by atomic mass is 10.0. The predicted molar refractivity (Wildman–Crippen MR) is 78.3 cm³/mol. The molecule has 3 rings (SSSR count). The summed E-state index contributed by atoms with van der Waals surface area (Å²) in [6.07, 6.45) is 0.851. The van der Waals surface area contributed by atoms with Crippen LogP contribution in [0.3, 0.4) is 0 Å².